The molecule has 4 amide bonds. The molecule has 3 rings (SSSR count). The number of carbonyl (C=O) groups is 3. The summed E-state index contributed by atoms with van der Waals surface area (Å²) >= 11 is 0. The molecule has 0 aromatic heterocycles. The van der Waals surface area contributed by atoms with Gasteiger partial charge in [0.2, 0.25) is 5.91 Å². The van der Waals surface area contributed by atoms with Crippen LogP contribution in [0.25, 0.3) is 0 Å². The Hall–Kier alpha value is -2.95. The van der Waals surface area contributed by atoms with Gasteiger partial charge in [0.05, 0.1) is 5.69 Å². The highest BCUT2D eigenvalue weighted by Gasteiger charge is 2.54. The van der Waals surface area contributed by atoms with Gasteiger partial charge in [-0.15, -0.1) is 0 Å². The average molecular weight is 308 g/mol. The first kappa shape index (κ1) is 15.0. The van der Waals surface area contributed by atoms with Crippen molar-refractivity contribution in [2.24, 2.45) is 0 Å². The fraction of sp³-hybridized carbons (Fsp3) is 0.167. The van der Waals surface area contributed by atoms with Gasteiger partial charge in [-0.1, -0.05) is 55.5 Å². The van der Waals surface area contributed by atoms with E-state index in [1.165, 1.54) is 0 Å². The van der Waals surface area contributed by atoms with E-state index in [0.717, 1.165) is 4.90 Å². The monoisotopic (exact) mass is 308 g/mol. The van der Waals surface area contributed by atoms with E-state index in [1.807, 2.05) is 6.07 Å². The van der Waals surface area contributed by atoms with Gasteiger partial charge in [0.1, 0.15) is 0 Å². The highest BCUT2D eigenvalue weighted by atomic mass is 16.2. The van der Waals surface area contributed by atoms with Crippen LogP contribution in [-0.4, -0.2) is 17.8 Å². The lowest BCUT2D eigenvalue weighted by atomic mass is 9.74. The van der Waals surface area contributed by atoms with Crippen LogP contribution in [0.3, 0.4) is 0 Å². The summed E-state index contributed by atoms with van der Waals surface area (Å²) in [6, 6.07) is 16.7. The van der Waals surface area contributed by atoms with Crippen LogP contribution >= 0.6 is 0 Å². The molecule has 1 heterocycles. The van der Waals surface area contributed by atoms with Crippen LogP contribution in [0, 0.1) is 0 Å². The van der Waals surface area contributed by atoms with E-state index in [9.17, 15) is 14.4 Å². The van der Waals surface area contributed by atoms with Gasteiger partial charge in [-0.2, -0.15) is 0 Å². The van der Waals surface area contributed by atoms with Crippen molar-refractivity contribution < 1.29 is 14.4 Å². The van der Waals surface area contributed by atoms with Gasteiger partial charge in [0.25, 0.3) is 5.91 Å². The van der Waals surface area contributed by atoms with E-state index in [-0.39, 0.29) is 6.42 Å². The third-order valence-corrected chi connectivity index (χ3v) is 4.19. The van der Waals surface area contributed by atoms with Crippen molar-refractivity contribution >= 4 is 23.5 Å². The zero-order valence-electron chi connectivity index (χ0n) is 12.7. The summed E-state index contributed by atoms with van der Waals surface area (Å²) in [7, 11) is 0. The van der Waals surface area contributed by atoms with Crippen LogP contribution < -0.4 is 10.2 Å². The van der Waals surface area contributed by atoms with Crippen LogP contribution in [0.2, 0.25) is 0 Å². The molecule has 2 aromatic carbocycles. The van der Waals surface area contributed by atoms with Crippen LogP contribution in [0.1, 0.15) is 18.9 Å². The maximum Gasteiger partial charge on any atom is 0.335 e. The van der Waals surface area contributed by atoms with Crippen molar-refractivity contribution in [2.45, 2.75) is 18.8 Å². The summed E-state index contributed by atoms with van der Waals surface area (Å²) in [4.78, 5) is 39.0. The molecule has 5 nitrogen and oxygen atoms in total. The van der Waals surface area contributed by atoms with E-state index >= 15 is 0 Å². The molecular formula is C18H16N2O3. The SMILES string of the molecule is CCC1(c2ccccc2)C(=O)NC(=O)N(c2ccccc2)C1=O. The van der Waals surface area contributed by atoms with E-state index in [0.29, 0.717) is 11.3 Å². The van der Waals surface area contributed by atoms with Crippen molar-refractivity contribution in [2.75, 3.05) is 4.90 Å². The topological polar surface area (TPSA) is 66.5 Å². The molecule has 1 aliphatic heterocycles. The van der Waals surface area contributed by atoms with Gasteiger partial charge in [-0.25, -0.2) is 9.69 Å². The Morgan fingerprint density at radius 2 is 1.48 bits per heavy atom. The molecule has 1 N–H and O–H groups in total. The van der Waals surface area contributed by atoms with Gasteiger partial charge in [0.15, 0.2) is 5.41 Å². The third kappa shape index (κ3) is 2.21. The van der Waals surface area contributed by atoms with Gasteiger partial charge in [-0.3, -0.25) is 14.9 Å². The Balaban J connectivity index is 2.15. The van der Waals surface area contributed by atoms with E-state index < -0.39 is 23.3 Å². The first-order valence-corrected chi connectivity index (χ1v) is 7.42. The Morgan fingerprint density at radius 1 is 0.913 bits per heavy atom. The van der Waals surface area contributed by atoms with E-state index in [4.69, 9.17) is 0 Å². The molecule has 5 heteroatoms. The zero-order valence-corrected chi connectivity index (χ0v) is 12.7. The second-order valence-corrected chi connectivity index (χ2v) is 5.36. The lowest BCUT2D eigenvalue weighted by Gasteiger charge is -2.39. The van der Waals surface area contributed by atoms with Gasteiger partial charge in [-0.05, 0) is 24.1 Å². The maximum atomic E-state index is 13.1. The number of rotatable bonds is 3. The molecule has 1 aliphatic rings. The summed E-state index contributed by atoms with van der Waals surface area (Å²) < 4.78 is 0. The first-order valence-electron chi connectivity index (χ1n) is 7.42. The molecule has 0 bridgehead atoms. The molecule has 1 fully saturated rings. The Labute approximate surface area is 133 Å². The maximum absolute atomic E-state index is 13.1. The molecule has 0 aliphatic carbocycles. The van der Waals surface area contributed by atoms with Crippen LogP contribution in [0.5, 0.6) is 0 Å². The number of nitrogens with one attached hydrogen (secondary N) is 1. The number of anilines is 1. The Bertz CT molecular complexity index is 758. The quantitative estimate of drug-likeness (QED) is 0.886. The summed E-state index contributed by atoms with van der Waals surface area (Å²) in [5.41, 5.74) is -0.375. The molecule has 1 atom stereocenters. The van der Waals surface area contributed by atoms with Crippen LogP contribution in [0.4, 0.5) is 10.5 Å². The number of amides is 4. The molecule has 0 spiro atoms. The van der Waals surface area contributed by atoms with E-state index in [1.54, 1.807) is 61.5 Å². The highest BCUT2D eigenvalue weighted by molar-refractivity contribution is 6.32. The average Bonchev–Trinajstić information content (AvgIpc) is 2.57. The van der Waals surface area contributed by atoms with Crippen molar-refractivity contribution in [1.29, 1.82) is 0 Å². The number of hydrogen-bond donors (Lipinski definition) is 1. The standard InChI is InChI=1S/C18H16N2O3/c1-2-18(13-9-5-3-6-10-13)15(21)19-17(23)20(16(18)22)14-11-7-4-8-12-14/h3-12H,2H2,1H3,(H,19,21,23). The summed E-state index contributed by atoms with van der Waals surface area (Å²) in [6.45, 7) is 1.77. The fourth-order valence-electron chi connectivity index (χ4n) is 2.94. The molecular weight excluding hydrogens is 292 g/mol. The smallest absolute Gasteiger partial charge is 0.276 e. The normalized spacial score (nSPS) is 21.3. The molecule has 1 saturated heterocycles. The van der Waals surface area contributed by atoms with Gasteiger partial charge >= 0.3 is 6.03 Å². The largest absolute Gasteiger partial charge is 0.335 e. The number of carbonyl (C=O) groups excluding carboxylic acids is 3. The number of nitrogens with zero attached hydrogens (tertiary/aromatic N) is 1. The van der Waals surface area contributed by atoms with Crippen molar-refractivity contribution in [3.05, 3.63) is 66.2 Å². The Morgan fingerprint density at radius 3 is 2.04 bits per heavy atom. The summed E-state index contributed by atoms with van der Waals surface area (Å²) in [6.07, 6.45) is 0.262. The van der Waals surface area contributed by atoms with E-state index in [2.05, 4.69) is 5.32 Å². The molecule has 23 heavy (non-hydrogen) atoms. The lowest BCUT2D eigenvalue weighted by Crippen LogP contribution is -2.66. The summed E-state index contributed by atoms with van der Waals surface area (Å²) in [5, 5.41) is 2.33. The number of benzene rings is 2. The fourth-order valence-corrected chi connectivity index (χ4v) is 2.94. The predicted molar refractivity (Wildman–Crippen MR) is 85.9 cm³/mol. The molecule has 2 aromatic rings. The van der Waals surface area contributed by atoms with Gasteiger partial charge < -0.3 is 0 Å². The molecule has 0 saturated carbocycles. The second kappa shape index (κ2) is 5.68. The lowest BCUT2D eigenvalue weighted by molar-refractivity contribution is -0.137. The second-order valence-electron chi connectivity index (χ2n) is 5.36. The number of para-hydroxylation sites is 1. The minimum atomic E-state index is -1.40. The minimum absolute atomic E-state index is 0.262. The molecule has 1 unspecified atom stereocenters. The van der Waals surface area contributed by atoms with Gasteiger partial charge in [0, 0.05) is 0 Å². The minimum Gasteiger partial charge on any atom is -0.276 e. The number of hydrogen-bond acceptors (Lipinski definition) is 3. The van der Waals surface area contributed by atoms with Crippen molar-refractivity contribution in [1.82, 2.24) is 5.32 Å². The summed E-state index contributed by atoms with van der Waals surface area (Å²) in [5.74, 6) is -1.10. The van der Waals surface area contributed by atoms with Crippen LogP contribution in [-0.2, 0) is 15.0 Å². The van der Waals surface area contributed by atoms with Crippen LogP contribution in [0.15, 0.2) is 60.7 Å². The first-order chi connectivity index (χ1) is 11.1. The number of imide groups is 2. The highest BCUT2D eigenvalue weighted by Crippen LogP contribution is 2.35. The Kier molecular flexibility index (Phi) is 3.70. The predicted octanol–water partition coefficient (Wildman–Crippen LogP) is 2.62. The van der Waals surface area contributed by atoms with Crippen molar-refractivity contribution in [3.8, 4) is 0 Å². The molecule has 116 valence electrons. The third-order valence-electron chi connectivity index (χ3n) is 4.19. The number of barbiturate groups is 1. The van der Waals surface area contributed by atoms with Crippen molar-refractivity contribution in [3.63, 3.8) is 0 Å². The number of urea groups is 1. The zero-order chi connectivity index (χ0) is 16.4. The molecule has 0 radical (unpaired) electrons.